The topological polar surface area (TPSA) is 45.1 Å². The van der Waals surface area contributed by atoms with Crippen LogP contribution in [0.2, 0.25) is 0 Å². The lowest BCUT2D eigenvalue weighted by Crippen LogP contribution is -2.54. The highest BCUT2D eigenvalue weighted by Crippen LogP contribution is 2.67. The van der Waals surface area contributed by atoms with E-state index in [9.17, 15) is 5.11 Å². The monoisotopic (exact) mass is 424 g/mol. The zero-order valence-electron chi connectivity index (χ0n) is 19.5. The van der Waals surface area contributed by atoms with E-state index in [-0.39, 0.29) is 10.8 Å². The maximum absolute atomic E-state index is 11.2. The zero-order valence-corrected chi connectivity index (χ0v) is 19.5. The Bertz CT molecular complexity index is 807. The number of nitrogens with zero attached hydrogens (tertiary/aromatic N) is 2. The molecular formula is C27H40N2O2. The summed E-state index contributed by atoms with van der Waals surface area (Å²) in [5, 5.41) is 15.7. The Balaban J connectivity index is 1.27. The highest BCUT2D eigenvalue weighted by Gasteiger charge is 2.63. The molecule has 170 valence electrons. The van der Waals surface area contributed by atoms with Gasteiger partial charge in [-0.3, -0.25) is 4.90 Å². The molecule has 0 aromatic carbocycles. The maximum atomic E-state index is 11.2. The van der Waals surface area contributed by atoms with Crippen LogP contribution in [0.15, 0.2) is 16.8 Å². The second kappa shape index (κ2) is 7.92. The fraction of sp³-hybridized carbons (Fsp3) is 0.815. The van der Waals surface area contributed by atoms with Crippen LogP contribution in [0.1, 0.15) is 78.1 Å². The van der Waals surface area contributed by atoms with Crippen LogP contribution < -0.4 is 0 Å². The molecule has 4 heteroatoms. The molecule has 4 aliphatic carbocycles. The number of aliphatic hydroxyl groups is 1. The third kappa shape index (κ3) is 3.39. The SMILES string of the molecule is C#CC1(O)CCC2C3CCC4=CC(=NOCCN5CCCC5)CCC4(C)C3CCC21C. The van der Waals surface area contributed by atoms with Gasteiger partial charge >= 0.3 is 0 Å². The highest BCUT2D eigenvalue weighted by atomic mass is 16.6. The van der Waals surface area contributed by atoms with Crippen molar-refractivity contribution in [2.45, 2.75) is 83.7 Å². The molecule has 0 aromatic heterocycles. The Morgan fingerprint density at radius 3 is 2.68 bits per heavy atom. The lowest BCUT2D eigenvalue weighted by molar-refractivity contribution is -0.0987. The third-order valence-electron chi connectivity index (χ3n) is 10.2. The summed E-state index contributed by atoms with van der Waals surface area (Å²) in [6.45, 7) is 8.91. The highest BCUT2D eigenvalue weighted by molar-refractivity contribution is 5.96. The molecule has 0 spiro atoms. The number of fused-ring (bicyclic) bond motifs is 5. The summed E-state index contributed by atoms with van der Waals surface area (Å²) in [5.74, 6) is 4.77. The second-order valence-electron chi connectivity index (χ2n) is 11.5. The zero-order chi connectivity index (χ0) is 21.7. The van der Waals surface area contributed by atoms with Crippen molar-refractivity contribution in [2.75, 3.05) is 26.2 Å². The summed E-state index contributed by atoms with van der Waals surface area (Å²) in [6.07, 6.45) is 19.5. The average molecular weight is 425 g/mol. The fourth-order valence-electron chi connectivity index (χ4n) is 8.20. The Kier molecular flexibility index (Phi) is 5.50. The predicted molar refractivity (Wildman–Crippen MR) is 125 cm³/mol. The van der Waals surface area contributed by atoms with E-state index in [0.717, 1.165) is 44.4 Å². The van der Waals surface area contributed by atoms with Crippen LogP contribution in [-0.4, -0.2) is 47.6 Å². The van der Waals surface area contributed by atoms with Crippen molar-refractivity contribution >= 4 is 5.71 Å². The Hall–Kier alpha value is -1.31. The summed E-state index contributed by atoms with van der Waals surface area (Å²) in [7, 11) is 0. The molecule has 6 atom stereocenters. The smallest absolute Gasteiger partial charge is 0.130 e. The van der Waals surface area contributed by atoms with Crippen LogP contribution in [0, 0.1) is 40.9 Å². The van der Waals surface area contributed by atoms with E-state index < -0.39 is 5.60 Å². The number of hydrogen-bond donors (Lipinski definition) is 1. The minimum absolute atomic E-state index is 0.106. The van der Waals surface area contributed by atoms with Gasteiger partial charge in [0, 0.05) is 12.0 Å². The van der Waals surface area contributed by atoms with E-state index in [2.05, 4.69) is 35.9 Å². The van der Waals surface area contributed by atoms with Gasteiger partial charge in [-0.05, 0) is 107 Å². The summed E-state index contributed by atoms with van der Waals surface area (Å²) in [6, 6.07) is 0. The van der Waals surface area contributed by atoms with Crippen molar-refractivity contribution in [1.82, 2.24) is 4.90 Å². The number of likely N-dealkylation sites (tertiary alicyclic amines) is 1. The van der Waals surface area contributed by atoms with Crippen molar-refractivity contribution in [1.29, 1.82) is 0 Å². The third-order valence-corrected chi connectivity index (χ3v) is 10.2. The summed E-state index contributed by atoms with van der Waals surface area (Å²) < 4.78 is 0. The van der Waals surface area contributed by atoms with Gasteiger partial charge in [0.2, 0.25) is 0 Å². The molecule has 0 bridgehead atoms. The molecule has 31 heavy (non-hydrogen) atoms. The van der Waals surface area contributed by atoms with Gasteiger partial charge < -0.3 is 9.94 Å². The first-order valence-electron chi connectivity index (χ1n) is 12.7. The number of hydrogen-bond acceptors (Lipinski definition) is 4. The van der Waals surface area contributed by atoms with Crippen LogP contribution in [0.5, 0.6) is 0 Å². The molecule has 0 amide bonds. The fourth-order valence-corrected chi connectivity index (χ4v) is 8.20. The van der Waals surface area contributed by atoms with E-state index >= 15 is 0 Å². The molecule has 0 aromatic rings. The van der Waals surface area contributed by atoms with Gasteiger partial charge in [-0.15, -0.1) is 6.42 Å². The number of rotatable bonds is 4. The van der Waals surface area contributed by atoms with Crippen molar-refractivity contribution in [2.24, 2.45) is 33.7 Å². The molecule has 4 nitrogen and oxygen atoms in total. The summed E-state index contributed by atoms with van der Waals surface area (Å²) in [5.41, 5.74) is 1.99. The molecule has 1 aliphatic heterocycles. The van der Waals surface area contributed by atoms with Crippen molar-refractivity contribution in [3.05, 3.63) is 11.6 Å². The van der Waals surface area contributed by atoms with Crippen molar-refractivity contribution < 1.29 is 9.94 Å². The van der Waals surface area contributed by atoms with Crippen molar-refractivity contribution in [3.8, 4) is 12.3 Å². The molecule has 5 rings (SSSR count). The van der Waals surface area contributed by atoms with Crippen LogP contribution in [-0.2, 0) is 4.84 Å². The normalized spacial score (nSPS) is 46.1. The Morgan fingerprint density at radius 1 is 1.13 bits per heavy atom. The van der Waals surface area contributed by atoms with E-state index in [1.165, 1.54) is 45.2 Å². The van der Waals surface area contributed by atoms with Gasteiger partial charge in [-0.1, -0.05) is 30.5 Å². The number of oxime groups is 1. The summed E-state index contributed by atoms with van der Waals surface area (Å²) >= 11 is 0. The van der Waals surface area contributed by atoms with E-state index in [1.54, 1.807) is 5.57 Å². The molecular weight excluding hydrogens is 384 g/mol. The van der Waals surface area contributed by atoms with Gasteiger partial charge in [0.1, 0.15) is 12.2 Å². The van der Waals surface area contributed by atoms with Gasteiger partial charge in [0.15, 0.2) is 0 Å². The molecule has 1 N–H and O–H groups in total. The number of allylic oxidation sites excluding steroid dienone is 2. The minimum atomic E-state index is -0.904. The van der Waals surface area contributed by atoms with E-state index in [0.29, 0.717) is 24.4 Å². The van der Waals surface area contributed by atoms with Crippen LogP contribution >= 0.6 is 0 Å². The lowest BCUT2D eigenvalue weighted by atomic mass is 9.46. The van der Waals surface area contributed by atoms with E-state index in [4.69, 9.17) is 11.3 Å². The molecule has 4 fully saturated rings. The molecule has 6 unspecified atom stereocenters. The first-order valence-corrected chi connectivity index (χ1v) is 12.7. The average Bonchev–Trinajstić information content (AvgIpc) is 3.38. The lowest BCUT2D eigenvalue weighted by Gasteiger charge is -2.58. The quantitative estimate of drug-likeness (QED) is 0.401. The van der Waals surface area contributed by atoms with Crippen LogP contribution in [0.3, 0.4) is 0 Å². The number of terminal acetylenes is 1. The standard InChI is InChI=1S/C27H40N2O2/c1-4-27(30)14-11-24-22-8-7-20-19-21(28-31-18-17-29-15-5-6-16-29)9-12-25(20,2)23(22)10-13-26(24,27)3/h1,19,22-24,30H,5-18H2,2-3H3. The van der Waals surface area contributed by atoms with Gasteiger partial charge in [0.25, 0.3) is 0 Å². The Labute approximate surface area is 188 Å². The molecule has 5 aliphatic rings. The minimum Gasteiger partial charge on any atom is -0.394 e. The van der Waals surface area contributed by atoms with Gasteiger partial charge in [0.05, 0.1) is 5.71 Å². The maximum Gasteiger partial charge on any atom is 0.130 e. The van der Waals surface area contributed by atoms with Gasteiger partial charge in [-0.25, -0.2) is 0 Å². The Morgan fingerprint density at radius 2 is 1.90 bits per heavy atom. The first-order chi connectivity index (χ1) is 14.9. The molecule has 1 heterocycles. The van der Waals surface area contributed by atoms with Crippen molar-refractivity contribution in [3.63, 3.8) is 0 Å². The molecule has 3 saturated carbocycles. The largest absolute Gasteiger partial charge is 0.394 e. The second-order valence-corrected chi connectivity index (χ2v) is 11.5. The van der Waals surface area contributed by atoms with Crippen LogP contribution in [0.4, 0.5) is 0 Å². The first kappa shape index (κ1) is 21.5. The molecule has 1 saturated heterocycles. The van der Waals surface area contributed by atoms with Crippen LogP contribution in [0.25, 0.3) is 0 Å². The summed E-state index contributed by atoms with van der Waals surface area (Å²) in [4.78, 5) is 8.19. The molecule has 0 radical (unpaired) electrons. The van der Waals surface area contributed by atoms with E-state index in [1.807, 2.05) is 0 Å². The predicted octanol–water partition coefficient (Wildman–Crippen LogP) is 4.78. The van der Waals surface area contributed by atoms with Gasteiger partial charge in [-0.2, -0.15) is 0 Å².